The van der Waals surface area contributed by atoms with Gasteiger partial charge in [0.2, 0.25) is 11.8 Å². The number of hydrogen-bond acceptors (Lipinski definition) is 4. The Balaban J connectivity index is 1.91. The van der Waals surface area contributed by atoms with Crippen LogP contribution in [0.3, 0.4) is 0 Å². The predicted octanol–water partition coefficient (Wildman–Crippen LogP) is 2.60. The topological polar surface area (TPSA) is 86.6 Å². The minimum Gasteiger partial charge on any atom is -0.392 e. The van der Waals surface area contributed by atoms with Gasteiger partial charge in [-0.2, -0.15) is 0 Å². The summed E-state index contributed by atoms with van der Waals surface area (Å²) in [6.07, 6.45) is -0.163. The molecule has 1 aliphatic heterocycles. The van der Waals surface area contributed by atoms with E-state index in [9.17, 15) is 19.8 Å². The molecule has 27 heavy (non-hydrogen) atoms. The van der Waals surface area contributed by atoms with Crippen molar-refractivity contribution in [2.45, 2.75) is 69.4 Å². The summed E-state index contributed by atoms with van der Waals surface area (Å²) in [6.45, 7) is 10.3. The van der Waals surface area contributed by atoms with E-state index in [0.29, 0.717) is 19.3 Å². The molecule has 8 atom stereocenters. The lowest BCUT2D eigenvalue weighted by Gasteiger charge is -2.62. The molecule has 3 rings (SSSR count). The molecule has 7 heteroatoms. The molecular formula is C20H29Cl2NO4. The summed E-state index contributed by atoms with van der Waals surface area (Å²) in [6, 6.07) is 0. The number of halogens is 2. The van der Waals surface area contributed by atoms with Crippen molar-refractivity contribution in [3.05, 3.63) is 12.2 Å². The number of carbonyl (C=O) groups is 2. The van der Waals surface area contributed by atoms with Crippen LogP contribution >= 0.6 is 23.2 Å². The first kappa shape index (κ1) is 21.1. The average molecular weight is 418 g/mol. The van der Waals surface area contributed by atoms with Gasteiger partial charge in [-0.1, -0.05) is 32.9 Å². The second-order valence-corrected chi connectivity index (χ2v) is 10.5. The molecule has 1 saturated heterocycles. The zero-order valence-corrected chi connectivity index (χ0v) is 17.6. The predicted molar refractivity (Wildman–Crippen MR) is 104 cm³/mol. The maximum atomic E-state index is 12.0. The van der Waals surface area contributed by atoms with Gasteiger partial charge in [-0.3, -0.25) is 14.9 Å². The Bertz CT molecular complexity index is 666. The molecular weight excluding hydrogens is 389 g/mol. The Morgan fingerprint density at radius 2 is 1.89 bits per heavy atom. The number of amides is 2. The Kier molecular flexibility index (Phi) is 5.48. The highest BCUT2D eigenvalue weighted by molar-refractivity contribution is 6.30. The van der Waals surface area contributed by atoms with E-state index in [-0.39, 0.29) is 34.9 Å². The van der Waals surface area contributed by atoms with E-state index in [0.717, 1.165) is 5.57 Å². The Morgan fingerprint density at radius 3 is 2.44 bits per heavy atom. The molecule has 2 amide bonds. The standard InChI is InChI=1S/C20H29Cl2NO4/c1-9-5-14(25)16-19(2,3)17(22)12(21)8-20(16,4)11(9)7-13(24)10-6-15(26)23-18(10)27/h10-14,16-17,24-25H,1,5-8H2,2-4H3,(H,23,26,27)/t10-,11+,12-,13+,14-,16+,17+,20-/m1/s1. The third kappa shape index (κ3) is 3.35. The van der Waals surface area contributed by atoms with Gasteiger partial charge in [0.15, 0.2) is 0 Å². The van der Waals surface area contributed by atoms with Crippen LogP contribution in [0.4, 0.5) is 0 Å². The van der Waals surface area contributed by atoms with E-state index in [4.69, 9.17) is 23.2 Å². The van der Waals surface area contributed by atoms with Gasteiger partial charge in [0.25, 0.3) is 0 Å². The van der Waals surface area contributed by atoms with Crippen LogP contribution in [0.2, 0.25) is 0 Å². The third-order valence-corrected chi connectivity index (χ3v) is 8.67. The number of imide groups is 1. The molecule has 3 fully saturated rings. The van der Waals surface area contributed by atoms with Crippen LogP contribution in [0.5, 0.6) is 0 Å². The van der Waals surface area contributed by atoms with E-state index in [2.05, 4.69) is 18.8 Å². The van der Waals surface area contributed by atoms with Gasteiger partial charge < -0.3 is 10.2 Å². The number of carbonyl (C=O) groups excluding carboxylic acids is 2. The number of nitrogens with one attached hydrogen (secondary N) is 1. The van der Waals surface area contributed by atoms with Gasteiger partial charge in [0, 0.05) is 6.42 Å². The summed E-state index contributed by atoms with van der Waals surface area (Å²) in [5.41, 5.74) is 0.0546. The zero-order chi connectivity index (χ0) is 20.3. The number of alkyl halides is 2. The number of rotatable bonds is 3. The summed E-state index contributed by atoms with van der Waals surface area (Å²) in [5, 5.41) is 23.3. The van der Waals surface area contributed by atoms with Crippen LogP contribution in [0.1, 0.15) is 46.5 Å². The first-order valence-electron chi connectivity index (χ1n) is 9.55. The van der Waals surface area contributed by atoms with Crippen molar-refractivity contribution < 1.29 is 19.8 Å². The molecule has 3 aliphatic rings. The third-order valence-electron chi connectivity index (χ3n) is 7.27. The van der Waals surface area contributed by atoms with Gasteiger partial charge in [0.1, 0.15) is 0 Å². The van der Waals surface area contributed by atoms with Crippen molar-refractivity contribution >= 4 is 35.0 Å². The molecule has 0 spiro atoms. The van der Waals surface area contributed by atoms with Crippen molar-refractivity contribution in [2.75, 3.05) is 0 Å². The van der Waals surface area contributed by atoms with Crippen LogP contribution in [0, 0.1) is 28.6 Å². The molecule has 0 bridgehead atoms. The summed E-state index contributed by atoms with van der Waals surface area (Å²) >= 11 is 13.2. The Hall–Kier alpha value is -0.620. The molecule has 0 radical (unpaired) electrons. The highest BCUT2D eigenvalue weighted by Crippen LogP contribution is 2.63. The van der Waals surface area contributed by atoms with Crippen LogP contribution < -0.4 is 5.32 Å². The quantitative estimate of drug-likeness (QED) is 0.374. The second-order valence-electron chi connectivity index (χ2n) is 9.44. The maximum Gasteiger partial charge on any atom is 0.232 e. The van der Waals surface area contributed by atoms with E-state index in [1.807, 2.05) is 13.8 Å². The average Bonchev–Trinajstić information content (AvgIpc) is 2.87. The molecule has 3 N–H and O–H groups in total. The first-order chi connectivity index (χ1) is 12.4. The Morgan fingerprint density at radius 1 is 1.26 bits per heavy atom. The lowest BCUT2D eigenvalue weighted by Crippen LogP contribution is -2.62. The number of aliphatic hydroxyl groups excluding tert-OH is 2. The lowest BCUT2D eigenvalue weighted by atomic mass is 9.46. The molecule has 2 aliphatic carbocycles. The van der Waals surface area contributed by atoms with E-state index in [1.54, 1.807) is 0 Å². The summed E-state index contributed by atoms with van der Waals surface area (Å²) < 4.78 is 0. The van der Waals surface area contributed by atoms with Gasteiger partial charge in [-0.15, -0.1) is 23.2 Å². The number of fused-ring (bicyclic) bond motifs is 1. The minimum atomic E-state index is -0.948. The van der Waals surface area contributed by atoms with Crippen LogP contribution in [0.15, 0.2) is 12.2 Å². The summed E-state index contributed by atoms with van der Waals surface area (Å²) in [7, 11) is 0. The molecule has 152 valence electrons. The highest BCUT2D eigenvalue weighted by Gasteiger charge is 2.61. The zero-order valence-electron chi connectivity index (χ0n) is 16.0. The van der Waals surface area contributed by atoms with Crippen molar-refractivity contribution in [3.8, 4) is 0 Å². The SMILES string of the molecule is C=C1C[C@@H](O)[C@H]2C(C)(C)[C@@H](Cl)[C@H](Cl)C[C@]2(C)[C@H]1C[C@H](O)[C@H]1CC(=O)NC1=O. The fourth-order valence-electron chi connectivity index (χ4n) is 6.15. The van der Waals surface area contributed by atoms with E-state index in [1.165, 1.54) is 0 Å². The molecule has 1 heterocycles. The van der Waals surface area contributed by atoms with E-state index >= 15 is 0 Å². The lowest BCUT2D eigenvalue weighted by molar-refractivity contribution is -0.133. The van der Waals surface area contributed by atoms with Gasteiger partial charge in [-0.25, -0.2) is 0 Å². The molecule has 2 saturated carbocycles. The van der Waals surface area contributed by atoms with Crippen molar-refractivity contribution in [1.29, 1.82) is 0 Å². The molecule has 0 aromatic rings. The fraction of sp³-hybridized carbons (Fsp3) is 0.800. The normalized spacial score (nSPS) is 45.4. The van der Waals surface area contributed by atoms with Crippen LogP contribution in [-0.4, -0.2) is 45.0 Å². The highest BCUT2D eigenvalue weighted by atomic mass is 35.5. The van der Waals surface area contributed by atoms with Gasteiger partial charge in [0.05, 0.1) is 28.9 Å². The second kappa shape index (κ2) is 7.01. The minimum absolute atomic E-state index is 0.00927. The van der Waals surface area contributed by atoms with Crippen molar-refractivity contribution in [2.24, 2.45) is 28.6 Å². The first-order valence-corrected chi connectivity index (χ1v) is 10.4. The molecule has 0 aromatic carbocycles. The van der Waals surface area contributed by atoms with Crippen molar-refractivity contribution in [3.63, 3.8) is 0 Å². The maximum absolute atomic E-state index is 12.0. The fourth-order valence-corrected chi connectivity index (χ4v) is 7.04. The molecule has 0 aromatic heterocycles. The van der Waals surface area contributed by atoms with E-state index < -0.39 is 34.9 Å². The number of hydrogen-bond donors (Lipinski definition) is 3. The number of aliphatic hydroxyl groups is 2. The monoisotopic (exact) mass is 417 g/mol. The van der Waals surface area contributed by atoms with Crippen LogP contribution in [0.25, 0.3) is 0 Å². The van der Waals surface area contributed by atoms with Crippen molar-refractivity contribution in [1.82, 2.24) is 5.32 Å². The molecule has 5 nitrogen and oxygen atoms in total. The largest absolute Gasteiger partial charge is 0.392 e. The summed E-state index contributed by atoms with van der Waals surface area (Å²) in [5.74, 6) is -1.73. The molecule has 0 unspecified atom stereocenters. The van der Waals surface area contributed by atoms with Crippen LogP contribution in [-0.2, 0) is 9.59 Å². The van der Waals surface area contributed by atoms with Gasteiger partial charge in [-0.05, 0) is 41.9 Å². The smallest absolute Gasteiger partial charge is 0.232 e. The Labute approximate surface area is 170 Å². The van der Waals surface area contributed by atoms with Gasteiger partial charge >= 0.3 is 0 Å². The summed E-state index contributed by atoms with van der Waals surface area (Å²) in [4.78, 5) is 23.5.